The number of hydrogen-bond acceptors (Lipinski definition) is 2. The van der Waals surface area contributed by atoms with Crippen molar-refractivity contribution in [1.29, 1.82) is 0 Å². The van der Waals surface area contributed by atoms with Crippen molar-refractivity contribution < 1.29 is 5.11 Å². The van der Waals surface area contributed by atoms with Gasteiger partial charge in [0.15, 0.2) is 0 Å². The number of hydrogen-bond donors (Lipinski definition) is 2. The van der Waals surface area contributed by atoms with Crippen LogP contribution >= 0.6 is 0 Å². The van der Waals surface area contributed by atoms with Crippen LogP contribution in [0.15, 0.2) is 0 Å². The average molecular weight is 129 g/mol. The molecule has 0 aromatic rings. The fraction of sp³-hybridized carbons (Fsp3) is 1.00. The molecule has 1 fully saturated rings. The maximum absolute atomic E-state index is 8.83. The van der Waals surface area contributed by atoms with Gasteiger partial charge in [-0.25, -0.2) is 0 Å². The first-order valence-corrected chi connectivity index (χ1v) is 3.66. The van der Waals surface area contributed by atoms with Crippen LogP contribution in [0.3, 0.4) is 0 Å². The Morgan fingerprint density at radius 2 is 2.33 bits per heavy atom. The summed E-state index contributed by atoms with van der Waals surface area (Å²) in [6.07, 6.45) is 3.71. The molecule has 54 valence electrons. The highest BCUT2D eigenvalue weighted by molar-refractivity contribution is 4.80. The van der Waals surface area contributed by atoms with Gasteiger partial charge >= 0.3 is 0 Å². The Labute approximate surface area is 56.3 Å². The van der Waals surface area contributed by atoms with Gasteiger partial charge in [0.25, 0.3) is 0 Å². The Balaban J connectivity index is 2.32. The van der Waals surface area contributed by atoms with E-state index in [9.17, 15) is 0 Å². The first kappa shape index (κ1) is 7.03. The molecule has 9 heavy (non-hydrogen) atoms. The highest BCUT2D eigenvalue weighted by atomic mass is 16.3. The number of aliphatic hydroxyl groups excluding tert-OH is 1. The van der Waals surface area contributed by atoms with Crippen LogP contribution in [0.1, 0.15) is 19.3 Å². The zero-order valence-electron chi connectivity index (χ0n) is 5.93. The van der Waals surface area contributed by atoms with Crippen LogP contribution in [0.5, 0.6) is 0 Å². The van der Waals surface area contributed by atoms with Crippen molar-refractivity contribution in [2.24, 2.45) is 5.92 Å². The van der Waals surface area contributed by atoms with Gasteiger partial charge in [0.05, 0.1) is 0 Å². The van der Waals surface area contributed by atoms with E-state index in [-0.39, 0.29) is 0 Å². The van der Waals surface area contributed by atoms with Crippen LogP contribution < -0.4 is 5.32 Å². The molecule has 0 aromatic carbocycles. The minimum Gasteiger partial charge on any atom is -0.396 e. The van der Waals surface area contributed by atoms with Gasteiger partial charge in [0.2, 0.25) is 0 Å². The normalized spacial score (nSPS) is 35.3. The largest absolute Gasteiger partial charge is 0.396 e. The molecule has 1 saturated carbocycles. The van der Waals surface area contributed by atoms with Crippen LogP contribution in [0.4, 0.5) is 0 Å². The molecule has 2 heteroatoms. The Morgan fingerprint density at radius 1 is 1.56 bits per heavy atom. The van der Waals surface area contributed by atoms with Gasteiger partial charge < -0.3 is 10.4 Å². The molecule has 0 spiro atoms. The summed E-state index contributed by atoms with van der Waals surface area (Å²) in [6.45, 7) is 0.353. The third kappa shape index (κ3) is 1.43. The lowest BCUT2D eigenvalue weighted by atomic mass is 10.1. The zero-order valence-corrected chi connectivity index (χ0v) is 5.93. The smallest absolute Gasteiger partial charge is 0.0474 e. The van der Waals surface area contributed by atoms with Gasteiger partial charge in [-0.3, -0.25) is 0 Å². The van der Waals surface area contributed by atoms with Crippen LogP contribution in [-0.2, 0) is 0 Å². The van der Waals surface area contributed by atoms with Crippen LogP contribution in [-0.4, -0.2) is 24.8 Å². The minimum atomic E-state index is 0.353. The highest BCUT2D eigenvalue weighted by Gasteiger charge is 2.24. The fourth-order valence-electron chi connectivity index (χ4n) is 1.64. The molecule has 2 N–H and O–H groups in total. The molecular weight excluding hydrogens is 114 g/mol. The summed E-state index contributed by atoms with van der Waals surface area (Å²) >= 11 is 0. The van der Waals surface area contributed by atoms with Crippen molar-refractivity contribution in [3.05, 3.63) is 0 Å². The Morgan fingerprint density at radius 3 is 2.78 bits per heavy atom. The maximum Gasteiger partial charge on any atom is 0.0474 e. The van der Waals surface area contributed by atoms with E-state index < -0.39 is 0 Å². The quantitative estimate of drug-likeness (QED) is 0.564. The van der Waals surface area contributed by atoms with E-state index in [4.69, 9.17) is 5.11 Å². The third-order valence-corrected chi connectivity index (χ3v) is 2.26. The van der Waals surface area contributed by atoms with E-state index in [0.717, 1.165) is 0 Å². The van der Waals surface area contributed by atoms with E-state index in [1.165, 1.54) is 19.3 Å². The molecular formula is C7H15NO. The van der Waals surface area contributed by atoms with Gasteiger partial charge in [-0.15, -0.1) is 0 Å². The van der Waals surface area contributed by atoms with Crippen molar-refractivity contribution in [2.45, 2.75) is 25.3 Å². The second kappa shape index (κ2) is 3.18. The van der Waals surface area contributed by atoms with E-state index in [0.29, 0.717) is 18.6 Å². The topological polar surface area (TPSA) is 32.3 Å². The monoisotopic (exact) mass is 129 g/mol. The summed E-state index contributed by atoms with van der Waals surface area (Å²) < 4.78 is 0. The average Bonchev–Trinajstić information content (AvgIpc) is 2.33. The van der Waals surface area contributed by atoms with Crippen molar-refractivity contribution in [3.63, 3.8) is 0 Å². The number of nitrogens with one attached hydrogen (secondary N) is 1. The molecule has 0 amide bonds. The van der Waals surface area contributed by atoms with Crippen LogP contribution in [0, 0.1) is 5.92 Å². The summed E-state index contributed by atoms with van der Waals surface area (Å²) in [6, 6.07) is 0.579. The van der Waals surface area contributed by atoms with E-state index in [2.05, 4.69) is 5.32 Å². The molecule has 2 atom stereocenters. The molecule has 1 aliphatic rings. The van der Waals surface area contributed by atoms with E-state index in [1.54, 1.807) is 0 Å². The van der Waals surface area contributed by atoms with Crippen molar-refractivity contribution in [1.82, 2.24) is 5.32 Å². The second-order valence-corrected chi connectivity index (χ2v) is 2.77. The van der Waals surface area contributed by atoms with E-state index in [1.807, 2.05) is 7.05 Å². The first-order chi connectivity index (χ1) is 4.38. The minimum absolute atomic E-state index is 0.353. The molecule has 1 rings (SSSR count). The van der Waals surface area contributed by atoms with Gasteiger partial charge in [-0.2, -0.15) is 0 Å². The Hall–Kier alpha value is -0.0800. The molecule has 0 radical (unpaired) electrons. The standard InChI is InChI=1S/C7H15NO/c1-8-7-4-2-3-6(7)5-9/h6-9H,2-5H2,1H3/t6-,7-/m0/s1. The lowest BCUT2D eigenvalue weighted by molar-refractivity contribution is 0.209. The predicted molar refractivity (Wildman–Crippen MR) is 37.3 cm³/mol. The summed E-state index contributed by atoms with van der Waals surface area (Å²) in [4.78, 5) is 0. The molecule has 0 heterocycles. The third-order valence-electron chi connectivity index (χ3n) is 2.26. The van der Waals surface area contributed by atoms with Crippen LogP contribution in [0.2, 0.25) is 0 Å². The van der Waals surface area contributed by atoms with Gasteiger partial charge in [-0.05, 0) is 25.8 Å². The van der Waals surface area contributed by atoms with Crippen molar-refractivity contribution in [3.8, 4) is 0 Å². The second-order valence-electron chi connectivity index (χ2n) is 2.77. The van der Waals surface area contributed by atoms with E-state index >= 15 is 0 Å². The van der Waals surface area contributed by atoms with Gasteiger partial charge in [0.1, 0.15) is 0 Å². The number of aliphatic hydroxyl groups is 1. The van der Waals surface area contributed by atoms with Crippen molar-refractivity contribution >= 4 is 0 Å². The highest BCUT2D eigenvalue weighted by Crippen LogP contribution is 2.24. The molecule has 0 saturated heterocycles. The fourth-order valence-corrected chi connectivity index (χ4v) is 1.64. The summed E-state index contributed by atoms with van der Waals surface area (Å²) in [7, 11) is 1.97. The molecule has 0 aliphatic heterocycles. The van der Waals surface area contributed by atoms with Crippen molar-refractivity contribution in [2.75, 3.05) is 13.7 Å². The Bertz CT molecular complexity index is 75.0. The summed E-state index contributed by atoms with van der Waals surface area (Å²) in [5, 5.41) is 12.0. The molecule has 0 bridgehead atoms. The maximum atomic E-state index is 8.83. The molecule has 2 nitrogen and oxygen atoms in total. The van der Waals surface area contributed by atoms with Gasteiger partial charge in [0, 0.05) is 12.6 Å². The lowest BCUT2D eigenvalue weighted by Gasteiger charge is -2.15. The zero-order chi connectivity index (χ0) is 6.69. The predicted octanol–water partition coefficient (Wildman–Crippen LogP) is 0.367. The summed E-state index contributed by atoms with van der Waals surface area (Å²) in [5.74, 6) is 0.523. The molecule has 0 aromatic heterocycles. The first-order valence-electron chi connectivity index (χ1n) is 3.66. The van der Waals surface area contributed by atoms with Crippen LogP contribution in [0.25, 0.3) is 0 Å². The lowest BCUT2D eigenvalue weighted by Crippen LogP contribution is -2.30. The molecule has 0 unspecified atom stereocenters. The SMILES string of the molecule is CN[C@H]1CCC[C@H]1CO. The molecule has 1 aliphatic carbocycles. The number of rotatable bonds is 2. The summed E-state index contributed by atoms with van der Waals surface area (Å²) in [5.41, 5.74) is 0. The Kier molecular flexibility index (Phi) is 2.49. The van der Waals surface area contributed by atoms with Gasteiger partial charge in [-0.1, -0.05) is 6.42 Å².